The largest absolute Gasteiger partial charge is 0.474 e. The molecule has 1 aromatic carbocycles. The lowest BCUT2D eigenvalue weighted by molar-refractivity contribution is 0.0723. The van der Waals surface area contributed by atoms with Crippen LogP contribution in [0, 0.1) is 30.4 Å². The lowest BCUT2D eigenvalue weighted by Gasteiger charge is -2.22. The molecule has 0 radical (unpaired) electrons. The molecule has 1 amide bonds. The van der Waals surface area contributed by atoms with E-state index in [0.29, 0.717) is 35.9 Å². The monoisotopic (exact) mass is 532 g/mol. The number of fused-ring (bicyclic) bond motifs is 1. The highest BCUT2D eigenvalue weighted by Crippen LogP contribution is 2.48. The molecular formula is C28H26F2N6O3. The number of rotatable bonds is 6. The number of halogens is 2. The van der Waals surface area contributed by atoms with E-state index in [1.807, 2.05) is 0 Å². The van der Waals surface area contributed by atoms with Crippen molar-refractivity contribution in [2.24, 2.45) is 11.8 Å². The van der Waals surface area contributed by atoms with Gasteiger partial charge in [0.25, 0.3) is 5.91 Å². The van der Waals surface area contributed by atoms with Crippen molar-refractivity contribution in [3.8, 4) is 23.1 Å². The molecule has 4 heterocycles. The van der Waals surface area contributed by atoms with Gasteiger partial charge in [-0.3, -0.25) is 4.79 Å². The van der Waals surface area contributed by atoms with Gasteiger partial charge in [0, 0.05) is 60.7 Å². The van der Waals surface area contributed by atoms with Crippen molar-refractivity contribution in [1.82, 2.24) is 29.6 Å². The van der Waals surface area contributed by atoms with Crippen molar-refractivity contribution in [1.29, 1.82) is 0 Å². The Balaban J connectivity index is 1.18. The number of pyridine rings is 1. The molecule has 1 N–H and O–H groups in total. The van der Waals surface area contributed by atoms with Crippen LogP contribution in [-0.2, 0) is 5.60 Å². The van der Waals surface area contributed by atoms with Crippen LogP contribution >= 0.6 is 0 Å². The number of hydrogen-bond donors (Lipinski definition) is 1. The zero-order valence-electron chi connectivity index (χ0n) is 21.5. The predicted molar refractivity (Wildman–Crippen MR) is 136 cm³/mol. The van der Waals surface area contributed by atoms with Gasteiger partial charge in [0.05, 0.1) is 16.9 Å². The van der Waals surface area contributed by atoms with Crippen LogP contribution in [-0.4, -0.2) is 59.8 Å². The van der Waals surface area contributed by atoms with E-state index in [-0.39, 0.29) is 41.0 Å². The van der Waals surface area contributed by atoms with Crippen molar-refractivity contribution in [2.75, 3.05) is 13.1 Å². The maximum Gasteiger partial charge on any atom is 0.257 e. The number of hydrogen-bond acceptors (Lipinski definition) is 7. The van der Waals surface area contributed by atoms with Crippen LogP contribution in [0.15, 0.2) is 55.0 Å². The number of aliphatic hydroxyl groups is 1. The van der Waals surface area contributed by atoms with Gasteiger partial charge in [-0.15, -0.1) is 0 Å². The van der Waals surface area contributed by atoms with Crippen molar-refractivity contribution in [3.63, 3.8) is 0 Å². The van der Waals surface area contributed by atoms with Gasteiger partial charge in [0.15, 0.2) is 5.82 Å². The second-order valence-corrected chi connectivity index (χ2v) is 10.5. The van der Waals surface area contributed by atoms with Gasteiger partial charge in [0.2, 0.25) is 11.8 Å². The normalized spacial score (nSPS) is 20.2. The first kappa shape index (κ1) is 25.1. The number of piperidine rings is 1. The van der Waals surface area contributed by atoms with Gasteiger partial charge in [-0.1, -0.05) is 0 Å². The minimum absolute atomic E-state index is 0.0258. The first-order valence-corrected chi connectivity index (χ1v) is 12.6. The van der Waals surface area contributed by atoms with Crippen LogP contribution in [0.5, 0.6) is 5.88 Å². The zero-order valence-corrected chi connectivity index (χ0v) is 21.5. The molecule has 1 saturated heterocycles. The number of ether oxygens (including phenoxy) is 1. The van der Waals surface area contributed by atoms with E-state index in [2.05, 4.69) is 20.1 Å². The van der Waals surface area contributed by atoms with Crippen molar-refractivity contribution >= 4 is 5.91 Å². The number of aromatic nitrogens is 5. The number of amides is 1. The number of carbonyl (C=O) groups excluding carboxylic acids is 1. The van der Waals surface area contributed by atoms with E-state index in [4.69, 9.17) is 4.74 Å². The summed E-state index contributed by atoms with van der Waals surface area (Å²) in [6.07, 6.45) is 4.67. The molecule has 3 atom stereocenters. The van der Waals surface area contributed by atoms with E-state index in [1.54, 1.807) is 36.5 Å². The molecule has 1 aliphatic carbocycles. The van der Waals surface area contributed by atoms with Crippen LogP contribution in [0.4, 0.5) is 8.78 Å². The van der Waals surface area contributed by atoms with E-state index in [9.17, 15) is 14.3 Å². The Bertz CT molecular complexity index is 1540. The molecule has 1 saturated carbocycles. The summed E-state index contributed by atoms with van der Waals surface area (Å²) in [4.78, 5) is 27.7. The zero-order chi connectivity index (χ0) is 27.5. The number of aryl methyl sites for hydroxylation is 1. The summed E-state index contributed by atoms with van der Waals surface area (Å²) in [7, 11) is 0. The maximum atomic E-state index is 15.3. The summed E-state index contributed by atoms with van der Waals surface area (Å²) < 4.78 is 36.4. The fraction of sp³-hybridized carbons (Fsp3) is 0.321. The van der Waals surface area contributed by atoms with Gasteiger partial charge >= 0.3 is 0 Å². The lowest BCUT2D eigenvalue weighted by atomic mass is 9.96. The van der Waals surface area contributed by atoms with Gasteiger partial charge in [-0.05, 0) is 51.1 Å². The minimum Gasteiger partial charge on any atom is -0.474 e. The SMILES string of the molecule is Cc1nn(-c2ncccn2)cc1C(=O)N1C[C@@H]2[C@H](C1)[C@H]2Oc1cc(C(C)(C)O)c(F)c(-c2ccc(F)cc2)n1. The fourth-order valence-electron chi connectivity index (χ4n) is 5.11. The number of likely N-dealkylation sites (tertiary alicyclic amines) is 1. The second kappa shape index (κ2) is 9.19. The van der Waals surface area contributed by atoms with Crippen molar-refractivity contribution in [2.45, 2.75) is 32.5 Å². The van der Waals surface area contributed by atoms with Crippen LogP contribution < -0.4 is 4.74 Å². The van der Waals surface area contributed by atoms with Crippen molar-refractivity contribution < 1.29 is 23.4 Å². The van der Waals surface area contributed by atoms with E-state index in [0.717, 1.165) is 0 Å². The van der Waals surface area contributed by atoms with E-state index < -0.39 is 17.2 Å². The Kier molecular flexibility index (Phi) is 5.91. The average molecular weight is 533 g/mol. The average Bonchev–Trinajstić information content (AvgIpc) is 3.22. The Labute approximate surface area is 223 Å². The highest BCUT2D eigenvalue weighted by atomic mass is 19.1. The molecule has 39 heavy (non-hydrogen) atoms. The van der Waals surface area contributed by atoms with Crippen LogP contribution in [0.3, 0.4) is 0 Å². The molecule has 11 heteroatoms. The first-order chi connectivity index (χ1) is 18.6. The molecule has 3 aromatic heterocycles. The third kappa shape index (κ3) is 4.63. The van der Waals surface area contributed by atoms with E-state index in [1.165, 1.54) is 48.9 Å². The highest BCUT2D eigenvalue weighted by Gasteiger charge is 2.59. The summed E-state index contributed by atoms with van der Waals surface area (Å²) in [5.41, 5.74) is -0.0415. The quantitative estimate of drug-likeness (QED) is 0.404. The smallest absolute Gasteiger partial charge is 0.257 e. The Morgan fingerprint density at radius 3 is 2.41 bits per heavy atom. The highest BCUT2D eigenvalue weighted by molar-refractivity contribution is 5.95. The minimum atomic E-state index is -1.49. The van der Waals surface area contributed by atoms with Gasteiger partial charge in [0.1, 0.15) is 17.6 Å². The molecule has 2 aliphatic rings. The molecular weight excluding hydrogens is 506 g/mol. The molecule has 4 aromatic rings. The number of nitrogens with zero attached hydrogens (tertiary/aromatic N) is 6. The van der Waals surface area contributed by atoms with E-state index >= 15 is 4.39 Å². The molecule has 1 aliphatic heterocycles. The topological polar surface area (TPSA) is 106 Å². The second-order valence-electron chi connectivity index (χ2n) is 10.5. The molecule has 9 nitrogen and oxygen atoms in total. The van der Waals surface area contributed by atoms with Gasteiger partial charge in [-0.25, -0.2) is 28.4 Å². The molecule has 0 spiro atoms. The maximum absolute atomic E-state index is 15.3. The van der Waals surface area contributed by atoms with Gasteiger partial charge < -0.3 is 14.7 Å². The standard InChI is InChI=1S/C28H26F2N6O3/c1-15-18(14-36(34-15)27-31-9-4-10-32-27)26(37)35-12-19-20(13-35)25(19)39-22-11-21(28(2,3)38)23(30)24(33-22)16-5-7-17(29)8-6-16/h4-11,14,19-20,25,38H,12-13H2,1-3H3/t19-,20+,25+. The van der Waals surface area contributed by atoms with Gasteiger partial charge in [-0.2, -0.15) is 5.10 Å². The fourth-order valence-corrected chi connectivity index (χ4v) is 5.11. The summed E-state index contributed by atoms with van der Waals surface area (Å²) >= 11 is 0. The Morgan fingerprint density at radius 2 is 1.77 bits per heavy atom. The van der Waals surface area contributed by atoms with Crippen LogP contribution in [0.1, 0.15) is 35.5 Å². The van der Waals surface area contributed by atoms with Crippen molar-refractivity contribution in [3.05, 3.63) is 83.4 Å². The molecule has 0 unspecified atom stereocenters. The third-order valence-corrected chi connectivity index (χ3v) is 7.26. The first-order valence-electron chi connectivity index (χ1n) is 12.6. The predicted octanol–water partition coefficient (Wildman–Crippen LogP) is 3.69. The Hall–Kier alpha value is -4.25. The molecule has 200 valence electrons. The summed E-state index contributed by atoms with van der Waals surface area (Å²) in [6, 6.07) is 8.43. The van der Waals surface area contributed by atoms with Crippen LogP contribution in [0.2, 0.25) is 0 Å². The molecule has 2 fully saturated rings. The summed E-state index contributed by atoms with van der Waals surface area (Å²) in [5, 5.41) is 15.0. The lowest BCUT2D eigenvalue weighted by Crippen LogP contribution is -2.33. The summed E-state index contributed by atoms with van der Waals surface area (Å²) in [5.74, 6) is -0.494. The Morgan fingerprint density at radius 1 is 1.10 bits per heavy atom. The number of carbonyl (C=O) groups is 1. The van der Waals surface area contributed by atoms with Crippen LogP contribution in [0.25, 0.3) is 17.2 Å². The molecule has 6 rings (SSSR count). The number of benzene rings is 1. The molecule has 0 bridgehead atoms. The summed E-state index contributed by atoms with van der Waals surface area (Å²) in [6.45, 7) is 5.74. The third-order valence-electron chi connectivity index (χ3n) is 7.26.